The molecule has 1 saturated carbocycles. The van der Waals surface area contributed by atoms with E-state index in [-0.39, 0.29) is 35.2 Å². The van der Waals surface area contributed by atoms with Gasteiger partial charge in [0.25, 0.3) is 0 Å². The summed E-state index contributed by atoms with van der Waals surface area (Å²) in [4.78, 5) is 9.22. The molecule has 7 heteroatoms. The lowest BCUT2D eigenvalue weighted by atomic mass is 9.96. The normalized spacial score (nSPS) is 14.6. The third kappa shape index (κ3) is 6.06. The van der Waals surface area contributed by atoms with Crippen LogP contribution in [0, 0.1) is 5.82 Å². The van der Waals surface area contributed by atoms with Gasteiger partial charge in [-0.3, -0.25) is 0 Å². The first kappa shape index (κ1) is 23.2. The molecule has 0 unspecified atom stereocenters. The van der Waals surface area contributed by atoms with Gasteiger partial charge in [-0.15, -0.1) is 24.0 Å². The minimum atomic E-state index is -0.176. The van der Waals surface area contributed by atoms with Crippen molar-refractivity contribution in [2.45, 2.75) is 38.3 Å². The van der Waals surface area contributed by atoms with Gasteiger partial charge in [-0.25, -0.2) is 14.4 Å². The molecule has 0 aliphatic heterocycles. The number of rotatable bonds is 8. The van der Waals surface area contributed by atoms with E-state index in [1.165, 1.54) is 11.6 Å². The number of guanidine groups is 1. The van der Waals surface area contributed by atoms with Gasteiger partial charge in [0.15, 0.2) is 5.96 Å². The summed E-state index contributed by atoms with van der Waals surface area (Å²) in [5, 5.41) is 6.76. The van der Waals surface area contributed by atoms with Crippen molar-refractivity contribution in [1.82, 2.24) is 20.2 Å². The highest BCUT2D eigenvalue weighted by Gasteiger charge is 2.44. The van der Waals surface area contributed by atoms with Crippen molar-refractivity contribution in [3.63, 3.8) is 0 Å². The van der Waals surface area contributed by atoms with Crippen LogP contribution in [-0.4, -0.2) is 28.6 Å². The van der Waals surface area contributed by atoms with E-state index in [1.807, 2.05) is 43.6 Å². The minimum Gasteiger partial charge on any atom is -0.357 e. The van der Waals surface area contributed by atoms with Gasteiger partial charge in [-0.05, 0) is 43.0 Å². The molecular formula is C24H29FIN5. The topological polar surface area (TPSA) is 54.2 Å². The van der Waals surface area contributed by atoms with Crippen LogP contribution in [0.1, 0.15) is 36.7 Å². The Morgan fingerprint density at radius 1 is 1.13 bits per heavy atom. The molecule has 1 fully saturated rings. The fraction of sp³-hybridized carbons (Fsp3) is 0.333. The van der Waals surface area contributed by atoms with E-state index in [0.29, 0.717) is 6.54 Å². The van der Waals surface area contributed by atoms with Crippen molar-refractivity contribution in [2.75, 3.05) is 13.1 Å². The van der Waals surface area contributed by atoms with Crippen LogP contribution in [0.15, 0.2) is 72.0 Å². The van der Waals surface area contributed by atoms with Crippen LogP contribution in [0.25, 0.3) is 0 Å². The van der Waals surface area contributed by atoms with Crippen molar-refractivity contribution >= 4 is 29.9 Å². The lowest BCUT2D eigenvalue weighted by Crippen LogP contribution is -2.41. The number of imidazole rings is 1. The Morgan fingerprint density at radius 2 is 1.94 bits per heavy atom. The molecule has 0 amide bonds. The van der Waals surface area contributed by atoms with Crippen LogP contribution in [0.2, 0.25) is 0 Å². The molecule has 1 aromatic heterocycles. The zero-order valence-corrected chi connectivity index (χ0v) is 20.1. The highest BCUT2D eigenvalue weighted by molar-refractivity contribution is 14.0. The zero-order valence-electron chi connectivity index (χ0n) is 17.7. The molecule has 164 valence electrons. The molecule has 3 aromatic rings. The Balaban J connectivity index is 0.00000272. The molecule has 31 heavy (non-hydrogen) atoms. The van der Waals surface area contributed by atoms with Crippen molar-refractivity contribution in [2.24, 2.45) is 4.99 Å². The largest absolute Gasteiger partial charge is 0.357 e. The molecule has 0 spiro atoms. The summed E-state index contributed by atoms with van der Waals surface area (Å²) in [6.45, 7) is 4.82. The molecule has 2 N–H and O–H groups in total. The van der Waals surface area contributed by atoms with Crippen molar-refractivity contribution in [3.8, 4) is 0 Å². The van der Waals surface area contributed by atoms with Crippen LogP contribution in [-0.2, 0) is 18.5 Å². The van der Waals surface area contributed by atoms with Gasteiger partial charge in [-0.2, -0.15) is 0 Å². The molecule has 0 radical (unpaired) electrons. The van der Waals surface area contributed by atoms with E-state index < -0.39 is 0 Å². The summed E-state index contributed by atoms with van der Waals surface area (Å²) < 4.78 is 15.8. The third-order valence-electron chi connectivity index (χ3n) is 5.61. The smallest absolute Gasteiger partial charge is 0.191 e. The number of aromatic nitrogens is 2. The monoisotopic (exact) mass is 533 g/mol. The molecule has 1 aliphatic rings. The van der Waals surface area contributed by atoms with E-state index >= 15 is 0 Å². The number of hydrogen-bond acceptors (Lipinski definition) is 2. The number of nitrogens with one attached hydrogen (secondary N) is 2. The minimum absolute atomic E-state index is 0. The summed E-state index contributed by atoms with van der Waals surface area (Å²) in [5.41, 5.74) is 2.30. The predicted molar refractivity (Wildman–Crippen MR) is 133 cm³/mol. The average molecular weight is 533 g/mol. The Labute approximate surface area is 200 Å². The van der Waals surface area contributed by atoms with E-state index in [9.17, 15) is 4.39 Å². The fourth-order valence-electron chi connectivity index (χ4n) is 3.70. The molecule has 1 heterocycles. The molecule has 0 bridgehead atoms. The summed E-state index contributed by atoms with van der Waals surface area (Å²) in [6, 6.07) is 17.3. The van der Waals surface area contributed by atoms with E-state index in [2.05, 4.69) is 32.3 Å². The van der Waals surface area contributed by atoms with Crippen LogP contribution in [0.5, 0.6) is 0 Å². The second-order valence-corrected chi connectivity index (χ2v) is 7.80. The number of benzene rings is 2. The maximum Gasteiger partial charge on any atom is 0.191 e. The number of nitrogens with zero attached hydrogens (tertiary/aromatic N) is 3. The lowest BCUT2D eigenvalue weighted by Gasteiger charge is -2.19. The number of halogens is 2. The van der Waals surface area contributed by atoms with Gasteiger partial charge in [0.1, 0.15) is 18.2 Å². The van der Waals surface area contributed by atoms with Crippen molar-refractivity contribution in [3.05, 3.63) is 89.8 Å². The van der Waals surface area contributed by atoms with Crippen LogP contribution >= 0.6 is 24.0 Å². The highest BCUT2D eigenvalue weighted by Crippen LogP contribution is 2.47. The Kier molecular flexibility index (Phi) is 8.06. The summed E-state index contributed by atoms with van der Waals surface area (Å²) >= 11 is 0. The van der Waals surface area contributed by atoms with Gasteiger partial charge in [0.2, 0.25) is 0 Å². The van der Waals surface area contributed by atoms with Gasteiger partial charge in [-0.1, -0.05) is 42.5 Å². The van der Waals surface area contributed by atoms with Crippen LogP contribution < -0.4 is 10.6 Å². The highest BCUT2D eigenvalue weighted by atomic mass is 127. The molecule has 5 nitrogen and oxygen atoms in total. The maximum atomic E-state index is 13.7. The first-order chi connectivity index (χ1) is 14.7. The second-order valence-electron chi connectivity index (χ2n) is 7.80. The van der Waals surface area contributed by atoms with Crippen LogP contribution in [0.4, 0.5) is 4.39 Å². The van der Waals surface area contributed by atoms with Crippen LogP contribution in [0.3, 0.4) is 0 Å². The van der Waals surface area contributed by atoms with E-state index in [1.54, 1.807) is 12.1 Å². The first-order valence-corrected chi connectivity index (χ1v) is 10.5. The lowest BCUT2D eigenvalue weighted by molar-refractivity contribution is 0.606. The molecule has 0 atom stereocenters. The predicted octanol–water partition coefficient (Wildman–Crippen LogP) is 4.48. The van der Waals surface area contributed by atoms with Gasteiger partial charge < -0.3 is 15.2 Å². The second kappa shape index (κ2) is 10.7. The summed E-state index contributed by atoms with van der Waals surface area (Å²) in [6.07, 6.45) is 5.92. The molecular weight excluding hydrogens is 504 g/mol. The summed E-state index contributed by atoms with van der Waals surface area (Å²) in [7, 11) is 0. The van der Waals surface area contributed by atoms with E-state index in [0.717, 1.165) is 49.8 Å². The van der Waals surface area contributed by atoms with Crippen molar-refractivity contribution in [1.29, 1.82) is 0 Å². The number of hydrogen-bond donors (Lipinski definition) is 2. The third-order valence-corrected chi connectivity index (χ3v) is 5.61. The Morgan fingerprint density at radius 3 is 2.65 bits per heavy atom. The van der Waals surface area contributed by atoms with E-state index in [4.69, 9.17) is 4.99 Å². The van der Waals surface area contributed by atoms with Gasteiger partial charge in [0, 0.05) is 37.4 Å². The Bertz CT molecular complexity index is 998. The average Bonchev–Trinajstić information content (AvgIpc) is 3.44. The van der Waals surface area contributed by atoms with Gasteiger partial charge >= 0.3 is 0 Å². The fourth-order valence-corrected chi connectivity index (χ4v) is 3.70. The quantitative estimate of drug-likeness (QED) is 0.255. The SMILES string of the molecule is CCNC(=NCc1nccn1Cc1ccccc1)NCC1(c2cccc(F)c2)CC1.I. The molecule has 0 saturated heterocycles. The zero-order chi connectivity index (χ0) is 20.8. The number of aliphatic imine (C=N–C) groups is 1. The standard InChI is InChI=1S/C24H28FN5.HI/c1-2-26-23(29-18-24(11-12-24)20-9-6-10-21(25)15-20)28-16-22-27-13-14-30(22)17-19-7-4-3-5-8-19;/h3-10,13-15H,2,11-12,16-18H2,1H3,(H2,26,28,29);1H. The Hall–Kier alpha value is -2.42. The first-order valence-electron chi connectivity index (χ1n) is 10.5. The molecule has 1 aliphatic carbocycles. The summed E-state index contributed by atoms with van der Waals surface area (Å²) in [5.74, 6) is 1.50. The van der Waals surface area contributed by atoms with Gasteiger partial charge in [0.05, 0.1) is 0 Å². The molecule has 4 rings (SSSR count). The molecule has 2 aromatic carbocycles. The van der Waals surface area contributed by atoms with Crippen molar-refractivity contribution < 1.29 is 4.39 Å². The maximum absolute atomic E-state index is 13.7.